The van der Waals surface area contributed by atoms with E-state index < -0.39 is 28.5 Å². The zero-order valence-electron chi connectivity index (χ0n) is 25.0. The number of nitrogens with one attached hydrogen (secondary N) is 1. The molecule has 1 N–H and O–H groups in total. The number of hydrogen-bond acceptors (Lipinski definition) is 6. The predicted octanol–water partition coefficient (Wildman–Crippen LogP) is 5.33. The van der Waals surface area contributed by atoms with Gasteiger partial charge in [-0.05, 0) is 42.7 Å². The highest BCUT2D eigenvalue weighted by Gasteiger charge is 2.34. The summed E-state index contributed by atoms with van der Waals surface area (Å²) in [4.78, 5) is 29.5. The number of benzene rings is 3. The van der Waals surface area contributed by atoms with E-state index in [0.717, 1.165) is 9.87 Å². The summed E-state index contributed by atoms with van der Waals surface area (Å²) >= 11 is 13.1. The first-order chi connectivity index (χ1) is 21.0. The van der Waals surface area contributed by atoms with Gasteiger partial charge in [0.1, 0.15) is 25.8 Å². The van der Waals surface area contributed by atoms with Crippen molar-refractivity contribution in [1.82, 2.24) is 10.2 Å². The van der Waals surface area contributed by atoms with Crippen molar-refractivity contribution >= 4 is 50.7 Å². The first kappa shape index (κ1) is 33.4. The Bertz CT molecular complexity index is 1550. The second-order valence-electron chi connectivity index (χ2n) is 10.8. The molecule has 0 bridgehead atoms. The fourth-order valence-electron chi connectivity index (χ4n) is 4.74. The molecule has 3 aromatic rings. The van der Waals surface area contributed by atoms with Crippen LogP contribution in [0.5, 0.6) is 11.5 Å². The van der Waals surface area contributed by atoms with E-state index in [4.69, 9.17) is 32.7 Å². The Balaban J connectivity index is 1.78. The van der Waals surface area contributed by atoms with Crippen LogP contribution in [0.25, 0.3) is 0 Å². The summed E-state index contributed by atoms with van der Waals surface area (Å²) in [6, 6.07) is 18.0. The van der Waals surface area contributed by atoms with Gasteiger partial charge in [-0.15, -0.1) is 0 Å². The maximum atomic E-state index is 14.4. The molecule has 0 saturated carbocycles. The predicted molar refractivity (Wildman–Crippen MR) is 173 cm³/mol. The van der Waals surface area contributed by atoms with E-state index in [-0.39, 0.29) is 36.2 Å². The van der Waals surface area contributed by atoms with Gasteiger partial charge in [0, 0.05) is 41.2 Å². The first-order valence-electron chi connectivity index (χ1n) is 14.4. The standard InChI is InChI=1S/C32H37Cl2N3O6S/c1-4-44(40,41)37(24-13-14-29-30(18-24)43-16-15-42-29)21-31(38)36(20-25-26(33)11-8-12-27(25)34)28(32(39)35-19-22(2)3)17-23-9-6-5-7-10-23/h5-14,18,22,28H,4,15-17,19-21H2,1-3H3,(H,35,39). The van der Waals surface area contributed by atoms with E-state index in [2.05, 4.69) is 5.32 Å². The van der Waals surface area contributed by atoms with Crippen molar-refractivity contribution in [3.63, 3.8) is 0 Å². The summed E-state index contributed by atoms with van der Waals surface area (Å²) in [7, 11) is -3.95. The van der Waals surface area contributed by atoms with E-state index in [9.17, 15) is 18.0 Å². The summed E-state index contributed by atoms with van der Waals surface area (Å²) in [5, 5.41) is 3.59. The second kappa shape index (κ2) is 15.0. The molecule has 0 aromatic heterocycles. The molecule has 2 amide bonds. The van der Waals surface area contributed by atoms with E-state index in [1.54, 1.807) is 36.4 Å². The van der Waals surface area contributed by atoms with Crippen LogP contribution in [0.3, 0.4) is 0 Å². The van der Waals surface area contributed by atoms with Gasteiger partial charge < -0.3 is 19.7 Å². The van der Waals surface area contributed by atoms with E-state index >= 15 is 0 Å². The summed E-state index contributed by atoms with van der Waals surface area (Å²) in [6.07, 6.45) is 0.184. The number of hydrogen-bond donors (Lipinski definition) is 1. The van der Waals surface area contributed by atoms with Gasteiger partial charge in [0.15, 0.2) is 11.5 Å². The third-order valence-electron chi connectivity index (χ3n) is 7.14. The minimum Gasteiger partial charge on any atom is -0.486 e. The topological polar surface area (TPSA) is 105 Å². The molecule has 44 heavy (non-hydrogen) atoms. The molecule has 9 nitrogen and oxygen atoms in total. The van der Waals surface area contributed by atoms with Crippen LogP contribution in [0.4, 0.5) is 5.69 Å². The molecule has 1 aliphatic rings. The lowest BCUT2D eigenvalue weighted by molar-refractivity contribution is -0.140. The number of rotatable bonds is 13. The molecule has 0 aliphatic carbocycles. The highest BCUT2D eigenvalue weighted by Crippen LogP contribution is 2.35. The maximum absolute atomic E-state index is 14.4. The third-order valence-corrected chi connectivity index (χ3v) is 9.59. The lowest BCUT2D eigenvalue weighted by Gasteiger charge is -2.34. The largest absolute Gasteiger partial charge is 0.486 e. The molecular weight excluding hydrogens is 625 g/mol. The average molecular weight is 663 g/mol. The summed E-state index contributed by atoms with van der Waals surface area (Å²) in [6.45, 7) is 5.85. The number of sulfonamides is 1. The molecule has 236 valence electrons. The van der Waals surface area contributed by atoms with Gasteiger partial charge in [-0.2, -0.15) is 0 Å². The highest BCUT2D eigenvalue weighted by molar-refractivity contribution is 7.92. The van der Waals surface area contributed by atoms with Crippen molar-refractivity contribution in [2.75, 3.05) is 36.4 Å². The Morgan fingerprint density at radius 2 is 1.59 bits per heavy atom. The molecule has 1 heterocycles. The highest BCUT2D eigenvalue weighted by atomic mass is 35.5. The Labute approximate surface area is 269 Å². The van der Waals surface area contributed by atoms with Crippen molar-refractivity contribution < 1.29 is 27.5 Å². The normalized spacial score (nSPS) is 13.3. The Morgan fingerprint density at radius 1 is 0.932 bits per heavy atom. The molecule has 0 spiro atoms. The Morgan fingerprint density at radius 3 is 2.23 bits per heavy atom. The van der Waals surface area contributed by atoms with Crippen LogP contribution < -0.4 is 19.1 Å². The van der Waals surface area contributed by atoms with Crippen molar-refractivity contribution in [2.45, 2.75) is 39.8 Å². The first-order valence-corrected chi connectivity index (χ1v) is 16.8. The maximum Gasteiger partial charge on any atom is 0.244 e. The summed E-state index contributed by atoms with van der Waals surface area (Å²) in [5.74, 6) is -0.198. The van der Waals surface area contributed by atoms with Crippen molar-refractivity contribution in [1.29, 1.82) is 0 Å². The SMILES string of the molecule is CCS(=O)(=O)N(CC(=O)N(Cc1c(Cl)cccc1Cl)C(Cc1ccccc1)C(=O)NCC(C)C)c1ccc2c(c1)OCCO2. The number of carbonyl (C=O) groups excluding carboxylic acids is 2. The summed E-state index contributed by atoms with van der Waals surface area (Å²) in [5.41, 5.74) is 1.51. The van der Waals surface area contributed by atoms with Crippen LogP contribution in [0.15, 0.2) is 66.7 Å². The van der Waals surface area contributed by atoms with Crippen LogP contribution in [-0.2, 0) is 32.6 Å². The van der Waals surface area contributed by atoms with Crippen LogP contribution >= 0.6 is 23.2 Å². The molecular formula is C32H37Cl2N3O6S. The van der Waals surface area contributed by atoms with E-state index in [1.807, 2.05) is 44.2 Å². The van der Waals surface area contributed by atoms with Gasteiger partial charge in [-0.1, -0.05) is 73.4 Å². The Kier molecular flexibility index (Phi) is 11.4. The van der Waals surface area contributed by atoms with Crippen LogP contribution in [-0.4, -0.2) is 63.2 Å². The van der Waals surface area contributed by atoms with Crippen molar-refractivity contribution in [2.24, 2.45) is 5.92 Å². The molecule has 12 heteroatoms. The van der Waals surface area contributed by atoms with Gasteiger partial charge in [0.2, 0.25) is 21.8 Å². The fraction of sp³-hybridized carbons (Fsp3) is 0.375. The van der Waals surface area contributed by atoms with Gasteiger partial charge in [0.05, 0.1) is 11.4 Å². The molecule has 1 unspecified atom stereocenters. The zero-order chi connectivity index (χ0) is 31.9. The van der Waals surface area contributed by atoms with Gasteiger partial charge in [0.25, 0.3) is 0 Å². The third kappa shape index (κ3) is 8.37. The van der Waals surface area contributed by atoms with Crippen LogP contribution in [0.2, 0.25) is 10.0 Å². The monoisotopic (exact) mass is 661 g/mol. The molecule has 0 saturated heterocycles. The number of fused-ring (bicyclic) bond motifs is 1. The number of nitrogens with zero attached hydrogens (tertiary/aromatic N) is 2. The molecule has 4 rings (SSSR count). The number of halogens is 2. The molecule has 1 atom stereocenters. The minimum absolute atomic E-state index is 0.120. The Hall–Kier alpha value is -3.47. The lowest BCUT2D eigenvalue weighted by atomic mass is 10.0. The quantitative estimate of drug-likeness (QED) is 0.265. The molecule has 0 radical (unpaired) electrons. The van der Waals surface area contributed by atoms with Crippen molar-refractivity contribution in [3.05, 3.63) is 87.9 Å². The number of anilines is 1. The number of ether oxygens (including phenoxy) is 2. The van der Waals surface area contributed by atoms with E-state index in [1.165, 1.54) is 11.8 Å². The molecule has 1 aliphatic heterocycles. The smallest absolute Gasteiger partial charge is 0.244 e. The average Bonchev–Trinajstić information content (AvgIpc) is 3.01. The summed E-state index contributed by atoms with van der Waals surface area (Å²) < 4.78 is 39.2. The van der Waals surface area contributed by atoms with Crippen molar-refractivity contribution in [3.8, 4) is 11.5 Å². The minimum atomic E-state index is -3.95. The fourth-order valence-corrected chi connectivity index (χ4v) is 6.31. The van der Waals surface area contributed by atoms with E-state index in [0.29, 0.717) is 46.9 Å². The van der Waals surface area contributed by atoms with Gasteiger partial charge in [-0.3, -0.25) is 13.9 Å². The molecule has 0 fully saturated rings. The zero-order valence-corrected chi connectivity index (χ0v) is 27.3. The number of carbonyl (C=O) groups is 2. The lowest BCUT2D eigenvalue weighted by Crippen LogP contribution is -2.54. The van der Waals surface area contributed by atoms with Gasteiger partial charge in [-0.25, -0.2) is 8.42 Å². The van der Waals surface area contributed by atoms with Crippen LogP contribution in [0, 0.1) is 5.92 Å². The van der Waals surface area contributed by atoms with Gasteiger partial charge >= 0.3 is 0 Å². The number of amides is 2. The van der Waals surface area contributed by atoms with Crippen LogP contribution in [0.1, 0.15) is 31.9 Å². The second-order valence-corrected chi connectivity index (χ2v) is 13.8. The molecule has 3 aromatic carbocycles.